The Morgan fingerprint density at radius 1 is 1.53 bits per heavy atom. The Labute approximate surface area is 115 Å². The van der Waals surface area contributed by atoms with Gasteiger partial charge in [0.2, 0.25) is 0 Å². The molecular formula is C13H12ClN3O2. The van der Waals surface area contributed by atoms with Crippen LogP contribution in [0.15, 0.2) is 29.4 Å². The summed E-state index contributed by atoms with van der Waals surface area (Å²) in [5, 5.41) is 5.02. The average molecular weight is 278 g/mol. The molecule has 2 rings (SSSR count). The third-order valence-corrected chi connectivity index (χ3v) is 2.88. The van der Waals surface area contributed by atoms with Gasteiger partial charge in [0, 0.05) is 10.9 Å². The predicted molar refractivity (Wildman–Crippen MR) is 74.6 cm³/mol. The highest BCUT2D eigenvalue weighted by Crippen LogP contribution is 2.21. The number of nitrogens with zero attached hydrogens (tertiary/aromatic N) is 2. The number of carbonyl (C=O) groups excluding carboxylic acids is 1. The number of aromatic nitrogens is 1. The van der Waals surface area contributed by atoms with E-state index in [4.69, 9.17) is 11.6 Å². The molecule has 0 aliphatic rings. The molecule has 6 heteroatoms. The summed E-state index contributed by atoms with van der Waals surface area (Å²) in [7, 11) is 1.26. The maximum atomic E-state index is 10.8. The van der Waals surface area contributed by atoms with Crippen LogP contribution in [0.2, 0.25) is 5.15 Å². The molecule has 1 aromatic heterocycles. The first-order valence-corrected chi connectivity index (χ1v) is 5.92. The van der Waals surface area contributed by atoms with Gasteiger partial charge in [-0.05, 0) is 18.6 Å². The molecule has 98 valence electrons. The zero-order chi connectivity index (χ0) is 13.8. The molecule has 0 bridgehead atoms. The summed E-state index contributed by atoms with van der Waals surface area (Å²) in [6.07, 6.45) is 0.783. The van der Waals surface area contributed by atoms with E-state index in [2.05, 4.69) is 20.2 Å². The zero-order valence-corrected chi connectivity index (χ0v) is 11.2. The van der Waals surface area contributed by atoms with Crippen LogP contribution in [0.1, 0.15) is 11.1 Å². The second-order valence-corrected chi connectivity index (χ2v) is 4.23. The number of methoxy groups -OCH3 is 1. The molecule has 0 unspecified atom stereocenters. The van der Waals surface area contributed by atoms with Crippen LogP contribution in [0.25, 0.3) is 10.9 Å². The third-order valence-electron chi connectivity index (χ3n) is 2.57. The van der Waals surface area contributed by atoms with Gasteiger partial charge in [-0.3, -0.25) is 0 Å². The lowest BCUT2D eigenvalue weighted by Crippen LogP contribution is -2.16. The Kier molecular flexibility index (Phi) is 3.97. The van der Waals surface area contributed by atoms with Crippen molar-refractivity contribution in [2.45, 2.75) is 6.92 Å². The predicted octanol–water partition coefficient (Wildman–Crippen LogP) is 2.89. The molecular weight excluding hydrogens is 266 g/mol. The number of halogens is 1. The smallest absolute Gasteiger partial charge is 0.427 e. The van der Waals surface area contributed by atoms with Gasteiger partial charge in [-0.15, -0.1) is 0 Å². The number of para-hydroxylation sites is 1. The van der Waals surface area contributed by atoms with E-state index in [9.17, 15) is 4.79 Å². The van der Waals surface area contributed by atoms with Gasteiger partial charge in [0.05, 0.1) is 18.8 Å². The number of fused-ring (bicyclic) bond motifs is 1. The molecule has 5 nitrogen and oxygen atoms in total. The fourth-order valence-corrected chi connectivity index (χ4v) is 1.82. The van der Waals surface area contributed by atoms with Crippen molar-refractivity contribution >= 4 is 34.8 Å². The number of pyridine rings is 1. The number of nitrogens with one attached hydrogen (secondary N) is 1. The first-order valence-electron chi connectivity index (χ1n) is 5.54. The molecule has 0 atom stereocenters. The number of amides is 1. The van der Waals surface area contributed by atoms with Crippen LogP contribution in [-0.2, 0) is 4.74 Å². The van der Waals surface area contributed by atoms with Crippen LogP contribution in [0.4, 0.5) is 4.79 Å². The number of benzene rings is 1. The molecule has 0 saturated carbocycles. The van der Waals surface area contributed by atoms with Crippen LogP contribution in [0, 0.1) is 6.92 Å². The molecule has 0 spiro atoms. The Bertz CT molecular complexity index is 656. The summed E-state index contributed by atoms with van der Waals surface area (Å²) in [4.78, 5) is 15.2. The number of ether oxygens (including phenoxy) is 1. The summed E-state index contributed by atoms with van der Waals surface area (Å²) in [5.41, 5.74) is 4.71. The first kappa shape index (κ1) is 13.3. The van der Waals surface area contributed by atoms with E-state index in [1.165, 1.54) is 13.3 Å². The first-order chi connectivity index (χ1) is 9.11. The highest BCUT2D eigenvalue weighted by Gasteiger charge is 2.05. The molecule has 0 saturated heterocycles. The summed E-state index contributed by atoms with van der Waals surface area (Å²) >= 11 is 6.08. The van der Waals surface area contributed by atoms with Crippen molar-refractivity contribution < 1.29 is 9.53 Å². The minimum absolute atomic E-state index is 0.331. The minimum atomic E-state index is -0.642. The summed E-state index contributed by atoms with van der Waals surface area (Å²) in [5.74, 6) is 0. The lowest BCUT2D eigenvalue weighted by molar-refractivity contribution is 0.171. The topological polar surface area (TPSA) is 63.6 Å². The Balaban J connectivity index is 2.34. The lowest BCUT2D eigenvalue weighted by Gasteiger charge is -2.04. The largest absolute Gasteiger partial charge is 0.452 e. The second-order valence-electron chi connectivity index (χ2n) is 3.88. The van der Waals surface area contributed by atoms with E-state index in [0.29, 0.717) is 10.7 Å². The van der Waals surface area contributed by atoms with Gasteiger partial charge in [0.1, 0.15) is 5.15 Å². The van der Waals surface area contributed by atoms with Crippen molar-refractivity contribution in [3.05, 3.63) is 40.5 Å². The number of carbonyl (C=O) groups is 1. The molecule has 1 N–H and O–H groups in total. The standard InChI is InChI=1S/C13H12ClN3O2/c1-8-4-3-5-9-6-10(12(14)16-11(8)9)7-15-17-13(18)19-2/h3-7H,1-2H3,(H,17,18)/b15-7-. The van der Waals surface area contributed by atoms with Crippen LogP contribution in [-0.4, -0.2) is 24.4 Å². The highest BCUT2D eigenvalue weighted by molar-refractivity contribution is 6.32. The van der Waals surface area contributed by atoms with Gasteiger partial charge >= 0.3 is 6.09 Å². The summed E-state index contributed by atoms with van der Waals surface area (Å²) in [6, 6.07) is 7.72. The number of hydrogen-bond acceptors (Lipinski definition) is 4. The van der Waals surface area contributed by atoms with Crippen LogP contribution >= 0.6 is 11.6 Å². The normalized spacial score (nSPS) is 10.9. The lowest BCUT2D eigenvalue weighted by atomic mass is 10.1. The van der Waals surface area contributed by atoms with Gasteiger partial charge in [-0.25, -0.2) is 15.2 Å². The molecule has 19 heavy (non-hydrogen) atoms. The molecule has 2 aromatic rings. The highest BCUT2D eigenvalue weighted by atomic mass is 35.5. The number of aryl methyl sites for hydroxylation is 1. The van der Waals surface area contributed by atoms with Gasteiger partial charge in [0.25, 0.3) is 0 Å². The van der Waals surface area contributed by atoms with E-state index in [1.807, 2.05) is 31.2 Å². The summed E-state index contributed by atoms with van der Waals surface area (Å²) in [6.45, 7) is 1.97. The zero-order valence-electron chi connectivity index (χ0n) is 10.5. The summed E-state index contributed by atoms with van der Waals surface area (Å²) < 4.78 is 4.39. The van der Waals surface area contributed by atoms with Crippen molar-refractivity contribution in [3.63, 3.8) is 0 Å². The molecule has 1 amide bonds. The fourth-order valence-electron chi connectivity index (χ4n) is 1.63. The van der Waals surface area contributed by atoms with Crippen molar-refractivity contribution in [1.82, 2.24) is 10.4 Å². The molecule has 1 heterocycles. The SMILES string of the molecule is COC(=O)N/N=C\c1cc2cccc(C)c2nc1Cl. The van der Waals surface area contributed by atoms with Crippen molar-refractivity contribution in [2.24, 2.45) is 5.10 Å². The van der Waals surface area contributed by atoms with E-state index in [0.717, 1.165) is 16.5 Å². The quantitative estimate of drug-likeness (QED) is 0.521. The van der Waals surface area contributed by atoms with Crippen LogP contribution in [0.5, 0.6) is 0 Å². The second kappa shape index (κ2) is 5.67. The third kappa shape index (κ3) is 3.00. The molecule has 1 aromatic carbocycles. The van der Waals surface area contributed by atoms with Gasteiger partial charge in [0.15, 0.2) is 0 Å². The fraction of sp³-hybridized carbons (Fsp3) is 0.154. The maximum Gasteiger partial charge on any atom is 0.427 e. The Morgan fingerprint density at radius 3 is 3.05 bits per heavy atom. The molecule has 0 radical (unpaired) electrons. The van der Waals surface area contributed by atoms with Gasteiger partial charge in [-0.1, -0.05) is 29.8 Å². The monoisotopic (exact) mass is 277 g/mol. The minimum Gasteiger partial charge on any atom is -0.452 e. The molecule has 0 aliphatic carbocycles. The van der Waals surface area contributed by atoms with Crippen molar-refractivity contribution in [3.8, 4) is 0 Å². The van der Waals surface area contributed by atoms with E-state index >= 15 is 0 Å². The van der Waals surface area contributed by atoms with Crippen LogP contribution in [0.3, 0.4) is 0 Å². The number of hydrogen-bond donors (Lipinski definition) is 1. The van der Waals surface area contributed by atoms with Crippen molar-refractivity contribution in [1.29, 1.82) is 0 Å². The van der Waals surface area contributed by atoms with E-state index in [1.54, 1.807) is 0 Å². The van der Waals surface area contributed by atoms with Gasteiger partial charge in [-0.2, -0.15) is 5.10 Å². The number of hydrazone groups is 1. The Morgan fingerprint density at radius 2 is 2.32 bits per heavy atom. The molecule has 0 aliphatic heterocycles. The number of rotatable bonds is 2. The van der Waals surface area contributed by atoms with Crippen LogP contribution < -0.4 is 5.43 Å². The van der Waals surface area contributed by atoms with Crippen molar-refractivity contribution in [2.75, 3.05) is 7.11 Å². The van der Waals surface area contributed by atoms with E-state index < -0.39 is 6.09 Å². The average Bonchev–Trinajstić information content (AvgIpc) is 2.40. The Hall–Kier alpha value is -2.14. The molecule has 0 fully saturated rings. The maximum absolute atomic E-state index is 10.8. The van der Waals surface area contributed by atoms with Gasteiger partial charge < -0.3 is 4.74 Å². The van der Waals surface area contributed by atoms with E-state index in [-0.39, 0.29) is 0 Å².